The summed E-state index contributed by atoms with van der Waals surface area (Å²) in [6, 6.07) is 5.93. The Hall–Kier alpha value is -0.830. The molecule has 0 aromatic heterocycles. The summed E-state index contributed by atoms with van der Waals surface area (Å²) >= 11 is 3.50. The molecule has 94 valence electrons. The van der Waals surface area contributed by atoms with Gasteiger partial charge in [0.15, 0.2) is 0 Å². The van der Waals surface area contributed by atoms with E-state index in [9.17, 15) is 4.79 Å². The standard InChI is InChI=1S/C14H20BrNO/c1-10-6-4-7-11(2)13(10)14(17)16-9-5-8-12(3)15/h4,6-7,12H,5,8-9H2,1-3H3,(H,16,17). The highest BCUT2D eigenvalue weighted by Crippen LogP contribution is 2.13. The lowest BCUT2D eigenvalue weighted by Gasteiger charge is -2.10. The molecule has 3 heteroatoms. The number of hydrogen-bond acceptors (Lipinski definition) is 1. The Labute approximate surface area is 112 Å². The lowest BCUT2D eigenvalue weighted by molar-refractivity contribution is 0.0952. The Morgan fingerprint density at radius 1 is 1.35 bits per heavy atom. The molecule has 1 rings (SSSR count). The summed E-state index contributed by atoms with van der Waals surface area (Å²) in [5, 5.41) is 2.98. The highest BCUT2D eigenvalue weighted by Gasteiger charge is 2.10. The second-order valence-electron chi connectivity index (χ2n) is 4.45. The van der Waals surface area contributed by atoms with Gasteiger partial charge in [-0.15, -0.1) is 0 Å². The smallest absolute Gasteiger partial charge is 0.251 e. The average molecular weight is 298 g/mol. The Balaban J connectivity index is 2.53. The molecule has 0 aliphatic rings. The van der Waals surface area contributed by atoms with E-state index in [4.69, 9.17) is 0 Å². The summed E-state index contributed by atoms with van der Waals surface area (Å²) in [6.07, 6.45) is 2.08. The first-order valence-electron chi connectivity index (χ1n) is 6.01. The van der Waals surface area contributed by atoms with Crippen LogP contribution < -0.4 is 5.32 Å². The van der Waals surface area contributed by atoms with Crippen molar-refractivity contribution in [3.63, 3.8) is 0 Å². The van der Waals surface area contributed by atoms with Crippen LogP contribution in [0.25, 0.3) is 0 Å². The van der Waals surface area contributed by atoms with Crippen LogP contribution in [0.15, 0.2) is 18.2 Å². The summed E-state index contributed by atoms with van der Waals surface area (Å²) in [7, 11) is 0. The molecule has 0 spiro atoms. The topological polar surface area (TPSA) is 29.1 Å². The zero-order valence-electron chi connectivity index (χ0n) is 10.7. The zero-order chi connectivity index (χ0) is 12.8. The second kappa shape index (κ2) is 6.80. The van der Waals surface area contributed by atoms with Crippen molar-refractivity contribution in [3.8, 4) is 0 Å². The lowest BCUT2D eigenvalue weighted by atomic mass is 10.0. The van der Waals surface area contributed by atoms with E-state index in [0.29, 0.717) is 4.83 Å². The van der Waals surface area contributed by atoms with E-state index in [1.54, 1.807) is 0 Å². The minimum atomic E-state index is 0.0443. The predicted octanol–water partition coefficient (Wildman–Crippen LogP) is 3.60. The molecule has 0 saturated carbocycles. The molecular weight excluding hydrogens is 278 g/mol. The van der Waals surface area contributed by atoms with Crippen molar-refractivity contribution < 1.29 is 4.79 Å². The fourth-order valence-electron chi connectivity index (χ4n) is 1.85. The summed E-state index contributed by atoms with van der Waals surface area (Å²) in [6.45, 7) is 6.81. The summed E-state index contributed by atoms with van der Waals surface area (Å²) in [5.74, 6) is 0.0443. The first-order valence-corrected chi connectivity index (χ1v) is 6.92. The van der Waals surface area contributed by atoms with E-state index in [2.05, 4.69) is 28.2 Å². The number of halogens is 1. The van der Waals surface area contributed by atoms with E-state index in [-0.39, 0.29) is 5.91 Å². The first-order chi connectivity index (χ1) is 8.02. The summed E-state index contributed by atoms with van der Waals surface area (Å²) < 4.78 is 0. The molecule has 0 bridgehead atoms. The maximum absolute atomic E-state index is 12.0. The highest BCUT2D eigenvalue weighted by atomic mass is 79.9. The Kier molecular flexibility index (Phi) is 5.69. The number of nitrogens with one attached hydrogen (secondary N) is 1. The fraction of sp³-hybridized carbons (Fsp3) is 0.500. The quantitative estimate of drug-likeness (QED) is 0.653. The van der Waals surface area contributed by atoms with Gasteiger partial charge < -0.3 is 5.32 Å². The Morgan fingerprint density at radius 3 is 2.47 bits per heavy atom. The second-order valence-corrected chi connectivity index (χ2v) is 6.01. The van der Waals surface area contributed by atoms with Gasteiger partial charge in [0.05, 0.1) is 0 Å². The van der Waals surface area contributed by atoms with Crippen molar-refractivity contribution in [3.05, 3.63) is 34.9 Å². The van der Waals surface area contributed by atoms with Crippen molar-refractivity contribution in [2.24, 2.45) is 0 Å². The molecule has 17 heavy (non-hydrogen) atoms. The van der Waals surface area contributed by atoms with Gasteiger partial charge in [-0.1, -0.05) is 41.1 Å². The Morgan fingerprint density at radius 2 is 1.94 bits per heavy atom. The van der Waals surface area contributed by atoms with Crippen LogP contribution >= 0.6 is 15.9 Å². The van der Waals surface area contributed by atoms with E-state index in [1.807, 2.05) is 32.0 Å². The summed E-state index contributed by atoms with van der Waals surface area (Å²) in [4.78, 5) is 12.5. The fourth-order valence-corrected chi connectivity index (χ4v) is 2.17. The number of alkyl halides is 1. The van der Waals surface area contributed by atoms with E-state index < -0.39 is 0 Å². The number of carbonyl (C=O) groups is 1. The van der Waals surface area contributed by atoms with Gasteiger partial charge in [0, 0.05) is 16.9 Å². The van der Waals surface area contributed by atoms with Crippen molar-refractivity contribution in [1.29, 1.82) is 0 Å². The zero-order valence-corrected chi connectivity index (χ0v) is 12.3. The van der Waals surface area contributed by atoms with E-state index in [1.165, 1.54) is 0 Å². The van der Waals surface area contributed by atoms with Gasteiger partial charge in [-0.05, 0) is 37.8 Å². The molecule has 2 nitrogen and oxygen atoms in total. The minimum absolute atomic E-state index is 0.0443. The van der Waals surface area contributed by atoms with E-state index >= 15 is 0 Å². The molecule has 1 amide bonds. The highest BCUT2D eigenvalue weighted by molar-refractivity contribution is 9.09. The molecule has 0 fully saturated rings. The van der Waals surface area contributed by atoms with Crippen LogP contribution in [0.3, 0.4) is 0 Å². The maximum atomic E-state index is 12.0. The van der Waals surface area contributed by atoms with Crippen LogP contribution in [0.2, 0.25) is 0 Å². The van der Waals surface area contributed by atoms with Crippen molar-refractivity contribution in [2.45, 2.75) is 38.4 Å². The molecule has 1 aromatic carbocycles. The molecular formula is C14H20BrNO. The molecule has 0 aliphatic carbocycles. The predicted molar refractivity (Wildman–Crippen MR) is 75.9 cm³/mol. The first kappa shape index (κ1) is 14.2. The van der Waals surface area contributed by atoms with Gasteiger partial charge in [-0.2, -0.15) is 0 Å². The average Bonchev–Trinajstić information content (AvgIpc) is 2.24. The third kappa shape index (κ3) is 4.50. The van der Waals surface area contributed by atoms with Gasteiger partial charge in [-0.25, -0.2) is 0 Å². The number of hydrogen-bond donors (Lipinski definition) is 1. The molecule has 0 aliphatic heterocycles. The summed E-state index contributed by atoms with van der Waals surface area (Å²) in [5.41, 5.74) is 2.90. The van der Waals surface area contributed by atoms with Crippen LogP contribution in [0.5, 0.6) is 0 Å². The lowest BCUT2D eigenvalue weighted by Crippen LogP contribution is -2.26. The number of amides is 1. The molecule has 1 aromatic rings. The minimum Gasteiger partial charge on any atom is -0.352 e. The molecule has 0 radical (unpaired) electrons. The van der Waals surface area contributed by atoms with Crippen molar-refractivity contribution >= 4 is 21.8 Å². The number of benzene rings is 1. The Bertz CT molecular complexity index is 368. The van der Waals surface area contributed by atoms with E-state index in [0.717, 1.165) is 36.1 Å². The number of carbonyl (C=O) groups excluding carboxylic acids is 1. The van der Waals surface area contributed by atoms with Gasteiger partial charge >= 0.3 is 0 Å². The monoisotopic (exact) mass is 297 g/mol. The third-order valence-electron chi connectivity index (χ3n) is 2.77. The van der Waals surface area contributed by atoms with Gasteiger partial charge in [0.2, 0.25) is 0 Å². The molecule has 0 heterocycles. The molecule has 1 unspecified atom stereocenters. The molecule has 1 N–H and O–H groups in total. The van der Waals surface area contributed by atoms with Crippen LogP contribution in [-0.2, 0) is 0 Å². The SMILES string of the molecule is Cc1cccc(C)c1C(=O)NCCCC(C)Br. The van der Waals surface area contributed by atoms with Crippen LogP contribution in [-0.4, -0.2) is 17.3 Å². The van der Waals surface area contributed by atoms with Gasteiger partial charge in [0.25, 0.3) is 5.91 Å². The molecule has 1 atom stereocenters. The third-order valence-corrected chi connectivity index (χ3v) is 3.23. The van der Waals surface area contributed by atoms with Crippen molar-refractivity contribution in [1.82, 2.24) is 5.32 Å². The van der Waals surface area contributed by atoms with Gasteiger partial charge in [0.1, 0.15) is 0 Å². The van der Waals surface area contributed by atoms with Gasteiger partial charge in [-0.3, -0.25) is 4.79 Å². The van der Waals surface area contributed by atoms with Crippen LogP contribution in [0, 0.1) is 13.8 Å². The normalized spacial score (nSPS) is 12.2. The maximum Gasteiger partial charge on any atom is 0.251 e. The number of aryl methyl sites for hydroxylation is 2. The van der Waals surface area contributed by atoms with Crippen LogP contribution in [0.4, 0.5) is 0 Å². The largest absolute Gasteiger partial charge is 0.352 e. The number of rotatable bonds is 5. The molecule has 0 saturated heterocycles. The van der Waals surface area contributed by atoms with Crippen LogP contribution in [0.1, 0.15) is 41.3 Å². The van der Waals surface area contributed by atoms with Crippen molar-refractivity contribution in [2.75, 3.05) is 6.54 Å².